The number of halogens is 4. The van der Waals surface area contributed by atoms with E-state index in [0.717, 1.165) is 16.0 Å². The average molecular weight is 442 g/mol. The quantitative estimate of drug-likeness (QED) is 0.756. The highest BCUT2D eigenvalue weighted by Crippen LogP contribution is 2.25. The molecule has 3 rings (SSSR count). The van der Waals surface area contributed by atoms with Crippen molar-refractivity contribution in [3.8, 4) is 0 Å². The number of rotatable bonds is 5. The molecule has 0 bridgehead atoms. The fraction of sp³-hybridized carbons (Fsp3) is 0.450. The molecule has 0 spiro atoms. The molecule has 10 heteroatoms. The zero-order valence-electron chi connectivity index (χ0n) is 16.5. The van der Waals surface area contributed by atoms with Crippen molar-refractivity contribution in [2.45, 2.75) is 38.5 Å². The number of hydrogen-bond donors (Lipinski definition) is 1. The van der Waals surface area contributed by atoms with Gasteiger partial charge >= 0.3 is 12.2 Å². The standard InChI is InChI=1S/C20H23ClF3N5O/c1-14-10-15(6-7-17(14)21)11-25-19(30)29(13-20(22,23)24)16-4-3-9-28(12-16)18-5-2-8-26-27-18/h2,5-8,10,16H,3-4,9,11-13H2,1H3,(H,25,30)/t16-/m0/s1. The van der Waals surface area contributed by atoms with E-state index in [9.17, 15) is 18.0 Å². The van der Waals surface area contributed by atoms with Crippen molar-refractivity contribution in [2.24, 2.45) is 0 Å². The first kappa shape index (κ1) is 22.1. The Bertz CT molecular complexity index is 865. The van der Waals surface area contributed by atoms with Gasteiger partial charge in [0.25, 0.3) is 0 Å². The summed E-state index contributed by atoms with van der Waals surface area (Å²) in [5.41, 5.74) is 1.60. The lowest BCUT2D eigenvalue weighted by molar-refractivity contribution is -0.144. The third kappa shape index (κ3) is 5.98. The van der Waals surface area contributed by atoms with Gasteiger partial charge in [-0.3, -0.25) is 0 Å². The van der Waals surface area contributed by atoms with Gasteiger partial charge in [-0.15, -0.1) is 5.10 Å². The minimum absolute atomic E-state index is 0.117. The number of aromatic nitrogens is 2. The molecule has 1 fully saturated rings. The number of amides is 2. The Balaban J connectivity index is 1.71. The van der Waals surface area contributed by atoms with Crippen molar-refractivity contribution in [3.63, 3.8) is 0 Å². The summed E-state index contributed by atoms with van der Waals surface area (Å²) < 4.78 is 39.7. The van der Waals surface area contributed by atoms with Gasteiger partial charge in [-0.1, -0.05) is 23.7 Å². The average Bonchev–Trinajstić information content (AvgIpc) is 2.73. The first-order chi connectivity index (χ1) is 14.2. The zero-order valence-corrected chi connectivity index (χ0v) is 17.2. The number of aryl methyl sites for hydroxylation is 1. The fourth-order valence-electron chi connectivity index (χ4n) is 3.54. The molecule has 2 heterocycles. The minimum atomic E-state index is -4.50. The largest absolute Gasteiger partial charge is 0.406 e. The molecule has 1 atom stereocenters. The topological polar surface area (TPSA) is 61.4 Å². The zero-order chi connectivity index (χ0) is 21.7. The molecule has 0 unspecified atom stereocenters. The van der Waals surface area contributed by atoms with Crippen molar-refractivity contribution in [1.29, 1.82) is 0 Å². The Hall–Kier alpha value is -2.55. The number of hydrogen-bond acceptors (Lipinski definition) is 4. The van der Waals surface area contributed by atoms with E-state index in [-0.39, 0.29) is 13.1 Å². The highest BCUT2D eigenvalue weighted by atomic mass is 35.5. The summed E-state index contributed by atoms with van der Waals surface area (Å²) in [6.45, 7) is 1.55. The first-order valence-electron chi connectivity index (χ1n) is 9.62. The van der Waals surface area contributed by atoms with Crippen LogP contribution in [-0.4, -0.2) is 53.0 Å². The van der Waals surface area contributed by atoms with Crippen LogP contribution < -0.4 is 10.2 Å². The lowest BCUT2D eigenvalue weighted by Crippen LogP contribution is -2.55. The van der Waals surface area contributed by atoms with Gasteiger partial charge in [-0.25, -0.2) is 4.79 Å². The summed E-state index contributed by atoms with van der Waals surface area (Å²) in [6, 6.07) is 7.38. The molecule has 1 saturated heterocycles. The molecule has 0 saturated carbocycles. The van der Waals surface area contributed by atoms with Crippen LogP contribution in [-0.2, 0) is 6.54 Å². The summed E-state index contributed by atoms with van der Waals surface area (Å²) >= 11 is 6.00. The van der Waals surface area contributed by atoms with Gasteiger partial charge in [-0.05, 0) is 49.1 Å². The highest BCUT2D eigenvalue weighted by molar-refractivity contribution is 6.31. The molecule has 162 valence electrons. The molecular formula is C20H23ClF3N5O. The van der Waals surface area contributed by atoms with E-state index in [2.05, 4.69) is 15.5 Å². The Kier molecular flexibility index (Phi) is 7.02. The normalized spacial score (nSPS) is 17.0. The van der Waals surface area contributed by atoms with E-state index in [4.69, 9.17) is 11.6 Å². The Morgan fingerprint density at radius 2 is 2.17 bits per heavy atom. The first-order valence-corrected chi connectivity index (χ1v) is 9.99. The molecule has 1 aromatic heterocycles. The summed E-state index contributed by atoms with van der Waals surface area (Å²) in [5, 5.41) is 11.1. The molecule has 0 aliphatic carbocycles. The second-order valence-corrected chi connectivity index (χ2v) is 7.72. The second kappa shape index (κ2) is 9.51. The SMILES string of the molecule is Cc1cc(CNC(=O)N(CC(F)(F)F)[C@H]2CCCN(c3cccnn3)C2)ccc1Cl. The van der Waals surface area contributed by atoms with Crippen LogP contribution >= 0.6 is 11.6 Å². The summed E-state index contributed by atoms with van der Waals surface area (Å²) in [5.74, 6) is 0.589. The number of nitrogens with zero attached hydrogens (tertiary/aromatic N) is 4. The van der Waals surface area contributed by atoms with Gasteiger partial charge in [-0.2, -0.15) is 18.3 Å². The van der Waals surface area contributed by atoms with Gasteiger partial charge in [0.2, 0.25) is 0 Å². The molecule has 30 heavy (non-hydrogen) atoms. The second-order valence-electron chi connectivity index (χ2n) is 7.31. The number of carbonyl (C=O) groups is 1. The van der Waals surface area contributed by atoms with Crippen molar-refractivity contribution in [3.05, 3.63) is 52.7 Å². The van der Waals surface area contributed by atoms with Gasteiger partial charge in [0.1, 0.15) is 6.54 Å². The van der Waals surface area contributed by atoms with Crippen LogP contribution in [0.3, 0.4) is 0 Å². The molecule has 1 aliphatic rings. The van der Waals surface area contributed by atoms with E-state index in [1.165, 1.54) is 6.20 Å². The van der Waals surface area contributed by atoms with Crippen molar-refractivity contribution < 1.29 is 18.0 Å². The molecule has 1 aromatic carbocycles. The van der Waals surface area contributed by atoms with Crippen LogP contribution in [0.25, 0.3) is 0 Å². The Labute approximate surface area is 178 Å². The fourth-order valence-corrected chi connectivity index (χ4v) is 3.65. The maximum atomic E-state index is 13.2. The summed E-state index contributed by atoms with van der Waals surface area (Å²) in [6.07, 6.45) is -1.82. The van der Waals surface area contributed by atoms with E-state index < -0.39 is 24.8 Å². The predicted octanol–water partition coefficient (Wildman–Crippen LogP) is 4.18. The van der Waals surface area contributed by atoms with Crippen LogP contribution in [0.15, 0.2) is 36.5 Å². The minimum Gasteiger partial charge on any atom is -0.353 e. The van der Waals surface area contributed by atoms with Crippen LogP contribution in [0.2, 0.25) is 5.02 Å². The van der Waals surface area contributed by atoms with Gasteiger partial charge in [0.05, 0.1) is 6.04 Å². The van der Waals surface area contributed by atoms with E-state index in [0.29, 0.717) is 30.2 Å². The molecule has 2 amide bonds. The number of benzene rings is 1. The van der Waals surface area contributed by atoms with Crippen molar-refractivity contribution in [1.82, 2.24) is 20.4 Å². The van der Waals surface area contributed by atoms with Crippen LogP contribution in [0.5, 0.6) is 0 Å². The maximum Gasteiger partial charge on any atom is 0.406 e. The number of piperidine rings is 1. The Morgan fingerprint density at radius 1 is 1.37 bits per heavy atom. The van der Waals surface area contributed by atoms with Gasteiger partial charge < -0.3 is 15.1 Å². The van der Waals surface area contributed by atoms with Crippen LogP contribution in [0.1, 0.15) is 24.0 Å². The number of nitrogens with one attached hydrogen (secondary N) is 1. The molecule has 1 aliphatic heterocycles. The van der Waals surface area contributed by atoms with Crippen LogP contribution in [0, 0.1) is 6.92 Å². The summed E-state index contributed by atoms with van der Waals surface area (Å²) in [4.78, 5) is 15.5. The van der Waals surface area contributed by atoms with Gasteiger partial charge in [0, 0.05) is 30.9 Å². The van der Waals surface area contributed by atoms with E-state index >= 15 is 0 Å². The van der Waals surface area contributed by atoms with Crippen molar-refractivity contribution >= 4 is 23.4 Å². The van der Waals surface area contributed by atoms with E-state index in [1.54, 1.807) is 30.3 Å². The smallest absolute Gasteiger partial charge is 0.353 e. The lowest BCUT2D eigenvalue weighted by atomic mass is 10.0. The predicted molar refractivity (Wildman–Crippen MR) is 108 cm³/mol. The maximum absolute atomic E-state index is 13.2. The molecular weight excluding hydrogens is 419 g/mol. The Morgan fingerprint density at radius 3 is 2.83 bits per heavy atom. The number of carbonyl (C=O) groups excluding carboxylic acids is 1. The lowest BCUT2D eigenvalue weighted by Gasteiger charge is -2.39. The molecule has 2 aromatic rings. The van der Waals surface area contributed by atoms with Gasteiger partial charge in [0.15, 0.2) is 5.82 Å². The third-order valence-electron chi connectivity index (χ3n) is 5.00. The molecule has 6 nitrogen and oxygen atoms in total. The highest BCUT2D eigenvalue weighted by Gasteiger charge is 2.38. The third-order valence-corrected chi connectivity index (χ3v) is 5.42. The number of urea groups is 1. The van der Waals surface area contributed by atoms with Crippen molar-refractivity contribution in [2.75, 3.05) is 24.5 Å². The monoisotopic (exact) mass is 441 g/mol. The van der Waals surface area contributed by atoms with Crippen LogP contribution in [0.4, 0.5) is 23.8 Å². The molecule has 1 N–H and O–H groups in total. The van der Waals surface area contributed by atoms with E-state index in [1.807, 2.05) is 11.8 Å². The summed E-state index contributed by atoms with van der Waals surface area (Å²) in [7, 11) is 0. The molecule has 0 radical (unpaired) electrons. The number of alkyl halides is 3. The number of anilines is 1.